The number of fused-ring (bicyclic) bond motifs is 1. The van der Waals surface area contributed by atoms with Crippen LogP contribution in [0.3, 0.4) is 0 Å². The zero-order chi connectivity index (χ0) is 15.6. The minimum absolute atomic E-state index is 0.159. The van der Waals surface area contributed by atoms with E-state index in [0.717, 1.165) is 37.9 Å². The van der Waals surface area contributed by atoms with E-state index in [-0.39, 0.29) is 5.91 Å². The number of hydrogen-bond donors (Lipinski definition) is 2. The molecule has 3 rings (SSSR count). The number of nitrogens with two attached hydrogens (primary N) is 1. The van der Waals surface area contributed by atoms with E-state index in [1.807, 2.05) is 25.1 Å². The average Bonchev–Trinajstić information content (AvgIpc) is 2.84. The smallest absolute Gasteiger partial charge is 0.251 e. The fraction of sp³-hybridized carbons (Fsp3) is 0.588. The van der Waals surface area contributed by atoms with Gasteiger partial charge in [0.05, 0.1) is 6.04 Å². The van der Waals surface area contributed by atoms with E-state index in [2.05, 4.69) is 5.32 Å². The maximum atomic E-state index is 12.0. The second-order valence-electron chi connectivity index (χ2n) is 6.22. The maximum absolute atomic E-state index is 12.0. The van der Waals surface area contributed by atoms with E-state index in [9.17, 15) is 4.79 Å². The summed E-state index contributed by atoms with van der Waals surface area (Å²) in [5.41, 5.74) is 6.53. The Morgan fingerprint density at radius 1 is 1.27 bits per heavy atom. The third-order valence-corrected chi connectivity index (χ3v) is 4.35. The Morgan fingerprint density at radius 2 is 2.00 bits per heavy atom. The van der Waals surface area contributed by atoms with E-state index in [1.165, 1.54) is 6.42 Å². The zero-order valence-corrected chi connectivity index (χ0v) is 13.1. The van der Waals surface area contributed by atoms with Gasteiger partial charge in [0, 0.05) is 24.6 Å². The number of carbonyl (C=O) groups excluding carboxylic acids is 1. The van der Waals surface area contributed by atoms with Crippen molar-refractivity contribution in [2.45, 2.75) is 63.7 Å². The highest BCUT2D eigenvalue weighted by molar-refractivity contribution is 5.94. The van der Waals surface area contributed by atoms with Gasteiger partial charge in [-0.2, -0.15) is 0 Å². The Balaban J connectivity index is 1.68. The Morgan fingerprint density at radius 3 is 2.73 bits per heavy atom. The lowest BCUT2D eigenvalue weighted by atomic mass is 9.94. The molecule has 5 heteroatoms. The van der Waals surface area contributed by atoms with Gasteiger partial charge < -0.3 is 20.5 Å². The summed E-state index contributed by atoms with van der Waals surface area (Å²) >= 11 is 0. The SMILES string of the molecule is CCCC(N)C(=O)Nc1ccc2c(c1)OC1(CCCCC1)O2. The summed E-state index contributed by atoms with van der Waals surface area (Å²) in [6, 6.07) is 5.05. The second kappa shape index (κ2) is 6.16. The first-order valence-corrected chi connectivity index (χ1v) is 8.20. The van der Waals surface area contributed by atoms with Crippen LogP contribution < -0.4 is 20.5 Å². The summed E-state index contributed by atoms with van der Waals surface area (Å²) in [5.74, 6) is 0.830. The highest BCUT2D eigenvalue weighted by Crippen LogP contribution is 2.46. The topological polar surface area (TPSA) is 73.6 Å². The fourth-order valence-corrected chi connectivity index (χ4v) is 3.14. The summed E-state index contributed by atoms with van der Waals surface area (Å²) in [6.45, 7) is 2.01. The summed E-state index contributed by atoms with van der Waals surface area (Å²) in [4.78, 5) is 12.0. The normalized spacial score (nSPS) is 19.9. The van der Waals surface area contributed by atoms with Crippen molar-refractivity contribution < 1.29 is 14.3 Å². The minimum atomic E-state index is -0.484. The van der Waals surface area contributed by atoms with Crippen LogP contribution >= 0.6 is 0 Å². The van der Waals surface area contributed by atoms with E-state index < -0.39 is 11.8 Å². The van der Waals surface area contributed by atoms with Gasteiger partial charge in [-0.05, 0) is 31.4 Å². The van der Waals surface area contributed by atoms with Crippen LogP contribution in [0.2, 0.25) is 0 Å². The van der Waals surface area contributed by atoms with Crippen molar-refractivity contribution in [3.05, 3.63) is 18.2 Å². The molecule has 1 aliphatic carbocycles. The Bertz CT molecular complexity index is 553. The van der Waals surface area contributed by atoms with E-state index >= 15 is 0 Å². The molecular weight excluding hydrogens is 280 g/mol. The summed E-state index contributed by atoms with van der Waals surface area (Å²) < 4.78 is 12.1. The first-order chi connectivity index (χ1) is 10.6. The summed E-state index contributed by atoms with van der Waals surface area (Å²) in [7, 11) is 0. The van der Waals surface area contributed by atoms with Gasteiger partial charge in [-0.3, -0.25) is 4.79 Å². The third-order valence-electron chi connectivity index (χ3n) is 4.35. The summed E-state index contributed by atoms with van der Waals surface area (Å²) in [5, 5.41) is 2.85. The molecule has 3 N–H and O–H groups in total. The number of amides is 1. The molecule has 22 heavy (non-hydrogen) atoms. The van der Waals surface area contributed by atoms with Crippen molar-refractivity contribution in [2.24, 2.45) is 5.73 Å². The average molecular weight is 304 g/mol. The van der Waals surface area contributed by atoms with Crippen molar-refractivity contribution in [3.63, 3.8) is 0 Å². The van der Waals surface area contributed by atoms with Gasteiger partial charge >= 0.3 is 0 Å². The number of rotatable bonds is 4. The monoisotopic (exact) mass is 304 g/mol. The molecule has 1 fully saturated rings. The standard InChI is InChI=1S/C17H24N2O3/c1-2-6-13(18)16(20)19-12-7-8-14-15(11-12)22-17(21-14)9-4-3-5-10-17/h7-8,11,13H,2-6,9-10,18H2,1H3,(H,19,20). The molecule has 1 amide bonds. The molecule has 1 saturated carbocycles. The largest absolute Gasteiger partial charge is 0.448 e. The van der Waals surface area contributed by atoms with Gasteiger partial charge in [-0.1, -0.05) is 19.8 Å². The van der Waals surface area contributed by atoms with Gasteiger partial charge in [0.1, 0.15) is 0 Å². The molecule has 1 heterocycles. The lowest BCUT2D eigenvalue weighted by molar-refractivity contribution is -0.117. The summed E-state index contributed by atoms with van der Waals surface area (Å²) in [6.07, 6.45) is 6.90. The number of anilines is 1. The number of benzene rings is 1. The molecule has 1 atom stereocenters. The number of nitrogens with one attached hydrogen (secondary N) is 1. The van der Waals surface area contributed by atoms with Crippen LogP contribution in [0.1, 0.15) is 51.9 Å². The first kappa shape index (κ1) is 15.2. The molecule has 1 spiro atoms. The number of hydrogen-bond acceptors (Lipinski definition) is 4. The first-order valence-electron chi connectivity index (χ1n) is 8.20. The van der Waals surface area contributed by atoms with Crippen molar-refractivity contribution in [1.29, 1.82) is 0 Å². The van der Waals surface area contributed by atoms with E-state index in [1.54, 1.807) is 0 Å². The molecule has 1 unspecified atom stereocenters. The highest BCUT2D eigenvalue weighted by Gasteiger charge is 2.42. The van der Waals surface area contributed by atoms with Crippen LogP contribution in [-0.2, 0) is 4.79 Å². The second-order valence-corrected chi connectivity index (χ2v) is 6.22. The molecular formula is C17H24N2O3. The van der Waals surface area contributed by atoms with Gasteiger partial charge in [0.2, 0.25) is 5.91 Å². The zero-order valence-electron chi connectivity index (χ0n) is 13.1. The van der Waals surface area contributed by atoms with Crippen molar-refractivity contribution in [2.75, 3.05) is 5.32 Å². The van der Waals surface area contributed by atoms with Crippen LogP contribution in [0.15, 0.2) is 18.2 Å². The maximum Gasteiger partial charge on any atom is 0.251 e. The highest BCUT2D eigenvalue weighted by atomic mass is 16.7. The van der Waals surface area contributed by atoms with Crippen molar-refractivity contribution in [3.8, 4) is 11.5 Å². The number of ether oxygens (including phenoxy) is 2. The van der Waals surface area contributed by atoms with Crippen molar-refractivity contribution in [1.82, 2.24) is 0 Å². The predicted molar refractivity (Wildman–Crippen MR) is 85.0 cm³/mol. The van der Waals surface area contributed by atoms with Crippen LogP contribution in [0, 0.1) is 0 Å². The van der Waals surface area contributed by atoms with Crippen LogP contribution in [-0.4, -0.2) is 17.7 Å². The molecule has 0 aromatic heterocycles. The molecule has 0 bridgehead atoms. The lowest BCUT2D eigenvalue weighted by Crippen LogP contribution is -2.40. The Labute approximate surface area is 131 Å². The van der Waals surface area contributed by atoms with Crippen LogP contribution in [0.5, 0.6) is 11.5 Å². The third kappa shape index (κ3) is 3.04. The Hall–Kier alpha value is -1.75. The number of carbonyl (C=O) groups is 1. The molecule has 5 nitrogen and oxygen atoms in total. The van der Waals surface area contributed by atoms with Crippen LogP contribution in [0.4, 0.5) is 5.69 Å². The van der Waals surface area contributed by atoms with Gasteiger partial charge in [0.15, 0.2) is 11.5 Å². The van der Waals surface area contributed by atoms with E-state index in [0.29, 0.717) is 17.9 Å². The minimum Gasteiger partial charge on any atom is -0.448 e. The molecule has 0 radical (unpaired) electrons. The van der Waals surface area contributed by atoms with Crippen LogP contribution in [0.25, 0.3) is 0 Å². The lowest BCUT2D eigenvalue weighted by Gasteiger charge is -2.31. The fourth-order valence-electron chi connectivity index (χ4n) is 3.14. The molecule has 1 aromatic carbocycles. The van der Waals surface area contributed by atoms with Crippen molar-refractivity contribution >= 4 is 11.6 Å². The Kier molecular flexibility index (Phi) is 4.25. The molecule has 120 valence electrons. The molecule has 1 aliphatic heterocycles. The van der Waals surface area contributed by atoms with Gasteiger partial charge in [-0.15, -0.1) is 0 Å². The quantitative estimate of drug-likeness (QED) is 0.896. The van der Waals surface area contributed by atoms with Gasteiger partial charge in [0.25, 0.3) is 5.79 Å². The van der Waals surface area contributed by atoms with E-state index in [4.69, 9.17) is 15.2 Å². The molecule has 2 aliphatic rings. The molecule has 1 aromatic rings. The molecule has 0 saturated heterocycles. The van der Waals surface area contributed by atoms with Gasteiger partial charge in [-0.25, -0.2) is 0 Å². The predicted octanol–water partition coefficient (Wildman–Crippen LogP) is 3.18.